The van der Waals surface area contributed by atoms with E-state index in [-0.39, 0.29) is 5.91 Å². The van der Waals surface area contributed by atoms with Crippen LogP contribution in [-0.2, 0) is 11.3 Å². The van der Waals surface area contributed by atoms with E-state index in [2.05, 4.69) is 21.8 Å². The summed E-state index contributed by atoms with van der Waals surface area (Å²) in [5, 5.41) is 0. The fourth-order valence-corrected chi connectivity index (χ4v) is 1.54. The van der Waals surface area contributed by atoms with Gasteiger partial charge >= 0.3 is 0 Å². The molecule has 2 N–H and O–H groups in total. The lowest BCUT2D eigenvalue weighted by Gasteiger charge is -2.22. The Morgan fingerprint density at radius 2 is 2.06 bits per heavy atom. The molecule has 0 aliphatic rings. The predicted molar refractivity (Wildman–Crippen MR) is 70.7 cm³/mol. The lowest BCUT2D eigenvalue weighted by molar-refractivity contribution is -0.130. The van der Waals surface area contributed by atoms with E-state index in [1.54, 1.807) is 25.2 Å². The average Bonchev–Trinajstić information content (AvgIpc) is 2.32. The molecule has 1 aromatic heterocycles. The fraction of sp³-hybridized carbons (Fsp3) is 0.583. The van der Waals surface area contributed by atoms with Crippen molar-refractivity contribution in [2.45, 2.75) is 19.9 Å². The number of aromatic nitrogens is 2. The van der Waals surface area contributed by atoms with Crippen molar-refractivity contribution in [3.63, 3.8) is 0 Å². The van der Waals surface area contributed by atoms with Gasteiger partial charge in [0, 0.05) is 20.6 Å². The van der Waals surface area contributed by atoms with Gasteiger partial charge in [0.25, 0.3) is 0 Å². The smallest absolute Gasteiger partial charge is 0.236 e. The van der Waals surface area contributed by atoms with Crippen molar-refractivity contribution in [3.8, 4) is 0 Å². The molecule has 18 heavy (non-hydrogen) atoms. The Balaban J connectivity index is 2.62. The lowest BCUT2D eigenvalue weighted by Crippen LogP contribution is -2.36. The van der Waals surface area contributed by atoms with Crippen LogP contribution in [0.25, 0.3) is 0 Å². The number of hydrogen-bond donors (Lipinski definition) is 1. The van der Waals surface area contributed by atoms with E-state index in [0.717, 1.165) is 18.7 Å². The Kier molecular flexibility index (Phi) is 5.51. The maximum absolute atomic E-state index is 11.7. The summed E-state index contributed by atoms with van der Waals surface area (Å²) in [6.07, 6.45) is 4.18. The summed E-state index contributed by atoms with van der Waals surface area (Å²) >= 11 is 0. The third-order valence-electron chi connectivity index (χ3n) is 2.51. The monoisotopic (exact) mass is 251 g/mol. The van der Waals surface area contributed by atoms with E-state index in [9.17, 15) is 4.79 Å². The minimum Gasteiger partial charge on any atom is -0.382 e. The molecule has 0 aromatic carbocycles. The molecule has 0 radical (unpaired) electrons. The molecule has 100 valence electrons. The predicted octanol–water partition coefficient (Wildman–Crippen LogP) is 0.359. The first-order chi connectivity index (χ1) is 8.52. The Morgan fingerprint density at radius 1 is 1.33 bits per heavy atom. The second kappa shape index (κ2) is 6.90. The Labute approximate surface area is 108 Å². The van der Waals surface area contributed by atoms with Crippen molar-refractivity contribution in [2.24, 2.45) is 0 Å². The highest BCUT2D eigenvalue weighted by Gasteiger charge is 2.12. The third kappa shape index (κ3) is 4.67. The molecule has 0 spiro atoms. The zero-order valence-electron chi connectivity index (χ0n) is 11.3. The summed E-state index contributed by atoms with van der Waals surface area (Å²) in [6.45, 7) is 3.95. The minimum atomic E-state index is 0.0897. The minimum absolute atomic E-state index is 0.0897. The Hall–Kier alpha value is -1.69. The molecule has 0 saturated heterocycles. The summed E-state index contributed by atoms with van der Waals surface area (Å²) in [4.78, 5) is 23.6. The molecule has 0 aliphatic heterocycles. The van der Waals surface area contributed by atoms with Crippen molar-refractivity contribution in [1.82, 2.24) is 19.8 Å². The molecule has 0 fully saturated rings. The molecule has 1 aromatic rings. The third-order valence-corrected chi connectivity index (χ3v) is 2.51. The number of anilines is 1. The van der Waals surface area contributed by atoms with Crippen LogP contribution in [0.1, 0.15) is 19.0 Å². The summed E-state index contributed by atoms with van der Waals surface area (Å²) in [5.74, 6) is 0.497. The molecular weight excluding hydrogens is 230 g/mol. The van der Waals surface area contributed by atoms with Crippen LogP contribution < -0.4 is 5.73 Å². The number of amides is 1. The van der Waals surface area contributed by atoms with Gasteiger partial charge in [-0.05, 0) is 13.0 Å². The van der Waals surface area contributed by atoms with E-state index < -0.39 is 0 Å². The topological polar surface area (TPSA) is 75.4 Å². The van der Waals surface area contributed by atoms with Crippen LogP contribution >= 0.6 is 0 Å². The van der Waals surface area contributed by atoms with Crippen LogP contribution in [0.4, 0.5) is 5.82 Å². The van der Waals surface area contributed by atoms with Gasteiger partial charge in [0.1, 0.15) is 5.82 Å². The van der Waals surface area contributed by atoms with Crippen LogP contribution in [0, 0.1) is 0 Å². The second-order valence-electron chi connectivity index (χ2n) is 4.43. The highest BCUT2D eigenvalue weighted by atomic mass is 16.2. The maximum atomic E-state index is 11.7. The van der Waals surface area contributed by atoms with Gasteiger partial charge < -0.3 is 10.6 Å². The van der Waals surface area contributed by atoms with E-state index in [1.807, 2.05) is 0 Å². The van der Waals surface area contributed by atoms with Crippen LogP contribution in [0.3, 0.4) is 0 Å². The van der Waals surface area contributed by atoms with E-state index in [1.165, 1.54) is 6.20 Å². The van der Waals surface area contributed by atoms with Gasteiger partial charge in [-0.3, -0.25) is 14.7 Å². The molecule has 0 bridgehead atoms. The standard InChI is InChI=1S/C12H21N5O/c1-4-5-17(9-12(18)16(2)3)8-10-6-15-11(13)7-14-10/h6-7H,4-5,8-9H2,1-3H3,(H2,13,15). The fourth-order valence-electron chi connectivity index (χ4n) is 1.54. The molecule has 0 aliphatic carbocycles. The largest absolute Gasteiger partial charge is 0.382 e. The lowest BCUT2D eigenvalue weighted by atomic mass is 10.3. The molecule has 1 amide bonds. The summed E-state index contributed by atoms with van der Waals surface area (Å²) in [6, 6.07) is 0. The number of carbonyl (C=O) groups excluding carboxylic acids is 1. The SMILES string of the molecule is CCCN(CC(=O)N(C)C)Cc1cnc(N)cn1. The van der Waals surface area contributed by atoms with Crippen molar-refractivity contribution in [3.05, 3.63) is 18.1 Å². The van der Waals surface area contributed by atoms with Gasteiger partial charge in [-0.25, -0.2) is 4.98 Å². The summed E-state index contributed by atoms with van der Waals surface area (Å²) in [5.41, 5.74) is 6.31. The summed E-state index contributed by atoms with van der Waals surface area (Å²) in [7, 11) is 3.52. The van der Waals surface area contributed by atoms with E-state index in [0.29, 0.717) is 18.9 Å². The molecule has 0 unspecified atom stereocenters. The summed E-state index contributed by atoms with van der Waals surface area (Å²) < 4.78 is 0. The van der Waals surface area contributed by atoms with Gasteiger partial charge in [-0.15, -0.1) is 0 Å². The Bertz CT molecular complexity index is 377. The van der Waals surface area contributed by atoms with Crippen LogP contribution in [0.15, 0.2) is 12.4 Å². The number of nitrogens with zero attached hydrogens (tertiary/aromatic N) is 4. The number of nitrogens with two attached hydrogens (primary N) is 1. The van der Waals surface area contributed by atoms with Crippen molar-refractivity contribution >= 4 is 11.7 Å². The van der Waals surface area contributed by atoms with E-state index in [4.69, 9.17) is 5.73 Å². The molecule has 6 nitrogen and oxygen atoms in total. The van der Waals surface area contributed by atoms with Crippen LogP contribution in [0.2, 0.25) is 0 Å². The first kappa shape index (κ1) is 14.4. The quantitative estimate of drug-likeness (QED) is 0.790. The number of carbonyl (C=O) groups is 1. The molecule has 6 heteroatoms. The van der Waals surface area contributed by atoms with Crippen LogP contribution in [-0.4, -0.2) is 52.9 Å². The molecule has 1 heterocycles. The number of likely N-dealkylation sites (N-methyl/N-ethyl adjacent to an activating group) is 1. The van der Waals surface area contributed by atoms with Gasteiger partial charge in [0.05, 0.1) is 24.6 Å². The van der Waals surface area contributed by atoms with Crippen molar-refractivity contribution < 1.29 is 4.79 Å². The second-order valence-corrected chi connectivity index (χ2v) is 4.43. The highest BCUT2D eigenvalue weighted by molar-refractivity contribution is 5.77. The van der Waals surface area contributed by atoms with Crippen molar-refractivity contribution in [2.75, 3.05) is 32.9 Å². The molecular formula is C12H21N5O. The zero-order valence-corrected chi connectivity index (χ0v) is 11.3. The van der Waals surface area contributed by atoms with Gasteiger partial charge in [0.2, 0.25) is 5.91 Å². The van der Waals surface area contributed by atoms with E-state index >= 15 is 0 Å². The molecule has 0 saturated carbocycles. The normalized spacial score (nSPS) is 10.7. The average molecular weight is 251 g/mol. The van der Waals surface area contributed by atoms with Crippen molar-refractivity contribution in [1.29, 1.82) is 0 Å². The van der Waals surface area contributed by atoms with Gasteiger partial charge in [-0.2, -0.15) is 0 Å². The Morgan fingerprint density at radius 3 is 2.56 bits per heavy atom. The number of hydrogen-bond acceptors (Lipinski definition) is 5. The first-order valence-corrected chi connectivity index (χ1v) is 6.01. The van der Waals surface area contributed by atoms with Crippen LogP contribution in [0.5, 0.6) is 0 Å². The number of rotatable bonds is 6. The number of nitrogen functional groups attached to an aromatic ring is 1. The molecule has 1 rings (SSSR count). The van der Waals surface area contributed by atoms with Gasteiger partial charge in [0.15, 0.2) is 0 Å². The van der Waals surface area contributed by atoms with Gasteiger partial charge in [-0.1, -0.05) is 6.92 Å². The highest BCUT2D eigenvalue weighted by Crippen LogP contribution is 2.03. The zero-order chi connectivity index (χ0) is 13.5. The first-order valence-electron chi connectivity index (χ1n) is 6.01. The molecule has 0 atom stereocenters. The maximum Gasteiger partial charge on any atom is 0.236 e.